The van der Waals surface area contributed by atoms with Crippen LogP contribution in [0.5, 0.6) is 0 Å². The number of aliphatic hydroxyl groups excluding tert-OH is 4. The van der Waals surface area contributed by atoms with Gasteiger partial charge in [0.25, 0.3) is 0 Å². The summed E-state index contributed by atoms with van der Waals surface area (Å²) in [7, 11) is 0. The Kier molecular flexibility index (Phi) is 5.55. The Morgan fingerprint density at radius 1 is 1.05 bits per heavy atom. The van der Waals surface area contributed by atoms with Crippen molar-refractivity contribution in [2.75, 3.05) is 11.9 Å². The molecule has 0 bridgehead atoms. The molecular formula is C15H23NO5. The van der Waals surface area contributed by atoms with Gasteiger partial charge in [0.15, 0.2) is 0 Å². The predicted octanol–water partition coefficient (Wildman–Crippen LogP) is -0.281. The van der Waals surface area contributed by atoms with E-state index in [-0.39, 0.29) is 6.04 Å². The van der Waals surface area contributed by atoms with Crippen LogP contribution in [-0.4, -0.2) is 63.6 Å². The van der Waals surface area contributed by atoms with Gasteiger partial charge in [-0.2, -0.15) is 0 Å². The molecule has 0 aromatic heterocycles. The summed E-state index contributed by atoms with van der Waals surface area (Å²) in [6, 6.07) is 9.63. The molecule has 5 N–H and O–H groups in total. The number of anilines is 1. The molecule has 1 fully saturated rings. The van der Waals surface area contributed by atoms with Gasteiger partial charge in [-0.1, -0.05) is 18.2 Å². The van der Waals surface area contributed by atoms with Crippen molar-refractivity contribution in [3.63, 3.8) is 0 Å². The van der Waals surface area contributed by atoms with Crippen molar-refractivity contribution in [1.82, 2.24) is 0 Å². The lowest BCUT2D eigenvalue weighted by Crippen LogP contribution is -2.59. The normalized spacial score (nSPS) is 34.4. The number of hydrogen-bond acceptors (Lipinski definition) is 6. The van der Waals surface area contributed by atoms with Gasteiger partial charge in [0.2, 0.25) is 0 Å². The third kappa shape index (κ3) is 3.93. The van der Waals surface area contributed by atoms with Crippen LogP contribution in [0.25, 0.3) is 0 Å². The molecule has 0 saturated carbocycles. The fraction of sp³-hybridized carbons (Fsp3) is 0.600. The summed E-state index contributed by atoms with van der Waals surface area (Å²) >= 11 is 0. The first kappa shape index (κ1) is 16.2. The van der Waals surface area contributed by atoms with E-state index in [2.05, 4.69) is 5.32 Å². The number of hydrogen-bond donors (Lipinski definition) is 5. The summed E-state index contributed by atoms with van der Waals surface area (Å²) in [5.74, 6) is 0. The van der Waals surface area contributed by atoms with Gasteiger partial charge in [-0.05, 0) is 25.5 Å². The first-order valence-corrected chi connectivity index (χ1v) is 7.15. The highest BCUT2D eigenvalue weighted by Crippen LogP contribution is 2.24. The summed E-state index contributed by atoms with van der Waals surface area (Å²) in [6.45, 7) is 1.54. The van der Waals surface area contributed by atoms with E-state index in [4.69, 9.17) is 9.84 Å². The van der Waals surface area contributed by atoms with Crippen LogP contribution in [0.4, 0.5) is 5.69 Å². The summed E-state index contributed by atoms with van der Waals surface area (Å²) in [4.78, 5) is 0. The highest BCUT2D eigenvalue weighted by molar-refractivity contribution is 5.43. The van der Waals surface area contributed by atoms with Crippen molar-refractivity contribution in [3.8, 4) is 0 Å². The second-order valence-electron chi connectivity index (χ2n) is 5.51. The molecule has 2 rings (SSSR count). The topological polar surface area (TPSA) is 102 Å². The minimum atomic E-state index is -1.31. The van der Waals surface area contributed by atoms with E-state index in [9.17, 15) is 15.3 Å². The van der Waals surface area contributed by atoms with Gasteiger partial charge in [0.1, 0.15) is 24.4 Å². The molecule has 1 aliphatic heterocycles. The molecule has 1 heterocycles. The quantitative estimate of drug-likeness (QED) is 0.512. The van der Waals surface area contributed by atoms with Crippen molar-refractivity contribution in [2.24, 2.45) is 0 Å². The molecule has 1 aromatic rings. The first-order valence-electron chi connectivity index (χ1n) is 7.15. The number of nitrogens with one attached hydrogen (secondary N) is 1. The maximum absolute atomic E-state index is 9.99. The molecule has 1 saturated heterocycles. The molecular weight excluding hydrogens is 274 g/mol. The number of rotatable bonds is 5. The van der Waals surface area contributed by atoms with Gasteiger partial charge in [-0.15, -0.1) is 0 Å². The van der Waals surface area contributed by atoms with E-state index in [0.717, 1.165) is 5.69 Å². The zero-order valence-electron chi connectivity index (χ0n) is 12.0. The average molecular weight is 297 g/mol. The second kappa shape index (κ2) is 7.20. The standard InChI is InChI=1S/C15H23NO5/c1-9(16-10-5-3-2-4-6-10)7-11-13(18)15(20)14(19)12(8-17)21-11/h2-6,9,11-20H,7-8H2,1H3/t9?,11-,12+,13-,14+,15+/m0/s1. The molecule has 0 amide bonds. The molecule has 118 valence electrons. The average Bonchev–Trinajstić information content (AvgIpc) is 2.49. The Morgan fingerprint density at radius 2 is 1.67 bits per heavy atom. The van der Waals surface area contributed by atoms with Crippen molar-refractivity contribution in [2.45, 2.75) is 49.9 Å². The van der Waals surface area contributed by atoms with Gasteiger partial charge in [0, 0.05) is 11.7 Å². The van der Waals surface area contributed by atoms with E-state index < -0.39 is 37.1 Å². The smallest absolute Gasteiger partial charge is 0.111 e. The number of benzene rings is 1. The van der Waals surface area contributed by atoms with E-state index in [1.54, 1.807) is 0 Å². The van der Waals surface area contributed by atoms with Gasteiger partial charge < -0.3 is 30.5 Å². The van der Waals surface area contributed by atoms with Crippen LogP contribution in [-0.2, 0) is 4.74 Å². The molecule has 0 aliphatic carbocycles. The fourth-order valence-electron chi connectivity index (χ4n) is 2.60. The molecule has 1 unspecified atom stereocenters. The summed E-state index contributed by atoms with van der Waals surface area (Å²) in [5, 5.41) is 41.9. The largest absolute Gasteiger partial charge is 0.394 e. The molecule has 6 atom stereocenters. The lowest BCUT2D eigenvalue weighted by atomic mass is 9.92. The summed E-state index contributed by atoms with van der Waals surface area (Å²) < 4.78 is 5.49. The van der Waals surface area contributed by atoms with Crippen molar-refractivity contribution < 1.29 is 25.2 Å². The van der Waals surface area contributed by atoms with Crippen LogP contribution in [0.3, 0.4) is 0 Å². The third-order valence-electron chi connectivity index (χ3n) is 3.76. The minimum Gasteiger partial charge on any atom is -0.394 e. The van der Waals surface area contributed by atoms with E-state index >= 15 is 0 Å². The van der Waals surface area contributed by atoms with Gasteiger partial charge in [-0.25, -0.2) is 0 Å². The Bertz CT molecular complexity index is 427. The molecule has 0 spiro atoms. The molecule has 1 aromatic carbocycles. The zero-order valence-corrected chi connectivity index (χ0v) is 12.0. The van der Waals surface area contributed by atoms with Gasteiger partial charge in [0.05, 0.1) is 12.7 Å². The Labute approximate surface area is 124 Å². The van der Waals surface area contributed by atoms with Crippen molar-refractivity contribution >= 4 is 5.69 Å². The third-order valence-corrected chi connectivity index (χ3v) is 3.76. The Balaban J connectivity index is 1.94. The van der Waals surface area contributed by atoms with Crippen molar-refractivity contribution in [3.05, 3.63) is 30.3 Å². The summed E-state index contributed by atoms with van der Waals surface area (Å²) in [6.07, 6.45) is -4.86. The number of aliphatic hydroxyl groups is 4. The van der Waals surface area contributed by atoms with Gasteiger partial charge >= 0.3 is 0 Å². The Hall–Kier alpha value is -1.18. The molecule has 21 heavy (non-hydrogen) atoms. The van der Waals surface area contributed by atoms with Gasteiger partial charge in [-0.3, -0.25) is 0 Å². The van der Waals surface area contributed by atoms with Crippen LogP contribution in [0.1, 0.15) is 13.3 Å². The molecule has 6 heteroatoms. The predicted molar refractivity (Wildman–Crippen MR) is 77.9 cm³/mol. The zero-order chi connectivity index (χ0) is 15.4. The highest BCUT2D eigenvalue weighted by atomic mass is 16.5. The number of para-hydroxylation sites is 1. The fourth-order valence-corrected chi connectivity index (χ4v) is 2.60. The molecule has 0 radical (unpaired) electrons. The van der Waals surface area contributed by atoms with E-state index in [0.29, 0.717) is 6.42 Å². The van der Waals surface area contributed by atoms with Crippen LogP contribution in [0.2, 0.25) is 0 Å². The lowest BCUT2D eigenvalue weighted by molar-refractivity contribution is -0.230. The summed E-state index contributed by atoms with van der Waals surface area (Å²) in [5.41, 5.74) is 0.953. The maximum Gasteiger partial charge on any atom is 0.111 e. The molecule has 6 nitrogen and oxygen atoms in total. The molecule has 1 aliphatic rings. The van der Waals surface area contributed by atoms with Crippen LogP contribution in [0, 0.1) is 0 Å². The minimum absolute atomic E-state index is 0.00571. The van der Waals surface area contributed by atoms with Crippen LogP contribution < -0.4 is 5.32 Å². The Morgan fingerprint density at radius 3 is 2.29 bits per heavy atom. The monoisotopic (exact) mass is 297 g/mol. The van der Waals surface area contributed by atoms with Crippen LogP contribution >= 0.6 is 0 Å². The first-order chi connectivity index (χ1) is 10.0. The lowest BCUT2D eigenvalue weighted by Gasteiger charge is -2.41. The second-order valence-corrected chi connectivity index (χ2v) is 5.51. The SMILES string of the molecule is CC(C[C@@H]1O[C@H](CO)[C@@H](O)[C@H](O)[C@H]1O)Nc1ccccc1. The highest BCUT2D eigenvalue weighted by Gasteiger charge is 2.43. The number of ether oxygens (including phenoxy) is 1. The van der Waals surface area contributed by atoms with E-state index in [1.165, 1.54) is 0 Å². The van der Waals surface area contributed by atoms with Crippen molar-refractivity contribution in [1.29, 1.82) is 0 Å². The van der Waals surface area contributed by atoms with E-state index in [1.807, 2.05) is 37.3 Å². The van der Waals surface area contributed by atoms with Crippen LogP contribution in [0.15, 0.2) is 30.3 Å². The maximum atomic E-state index is 9.99.